The molecule has 2 aromatic heterocycles. The zero-order chi connectivity index (χ0) is 22.8. The third kappa shape index (κ3) is 4.39. The fourth-order valence-electron chi connectivity index (χ4n) is 4.01. The molecule has 5 rings (SSSR count). The molecule has 10 heteroatoms. The van der Waals surface area contributed by atoms with Gasteiger partial charge < -0.3 is 9.72 Å². The van der Waals surface area contributed by atoms with E-state index in [1.807, 2.05) is 35.0 Å². The number of ketones is 1. The summed E-state index contributed by atoms with van der Waals surface area (Å²) in [5.41, 5.74) is 2.15. The van der Waals surface area contributed by atoms with Crippen molar-refractivity contribution in [1.29, 1.82) is 0 Å². The number of carbonyl (C=O) groups is 1. The van der Waals surface area contributed by atoms with E-state index in [-0.39, 0.29) is 23.3 Å². The van der Waals surface area contributed by atoms with Crippen LogP contribution in [0.15, 0.2) is 59.9 Å². The van der Waals surface area contributed by atoms with Crippen molar-refractivity contribution in [3.8, 4) is 11.4 Å². The normalized spacial score (nSPS) is 15.8. The Morgan fingerprint density at radius 3 is 2.94 bits per heavy atom. The Morgan fingerprint density at radius 1 is 1.24 bits per heavy atom. The Bertz CT molecular complexity index is 1330. The molecule has 3 heterocycles. The fourth-order valence-corrected chi connectivity index (χ4v) is 4.86. The van der Waals surface area contributed by atoms with Crippen LogP contribution in [0, 0.1) is 10.1 Å². The molecule has 0 amide bonds. The molecule has 0 bridgehead atoms. The lowest BCUT2D eigenvalue weighted by Gasteiger charge is -2.14. The van der Waals surface area contributed by atoms with Crippen molar-refractivity contribution in [3.63, 3.8) is 0 Å². The average Bonchev–Trinajstić information content (AvgIpc) is 3.58. The molecule has 33 heavy (non-hydrogen) atoms. The number of Topliss-reactive ketones (excluding diaryl/α,β-unsaturated/α-hetero) is 1. The molecule has 9 nitrogen and oxygen atoms in total. The van der Waals surface area contributed by atoms with Crippen LogP contribution in [0.3, 0.4) is 0 Å². The van der Waals surface area contributed by atoms with Crippen molar-refractivity contribution < 1.29 is 14.5 Å². The molecular formula is C23H21N5O4S. The van der Waals surface area contributed by atoms with Crippen LogP contribution >= 0.6 is 11.8 Å². The Morgan fingerprint density at radius 2 is 2.12 bits per heavy atom. The molecule has 168 valence electrons. The molecule has 0 aliphatic carbocycles. The molecule has 4 aromatic rings. The van der Waals surface area contributed by atoms with E-state index >= 15 is 0 Å². The standard InChI is InChI=1S/C23H21N5O4S/c29-21(15-5-3-6-16(11-15)28(30)31)14-33-23-26-25-22(27(23)13-17-7-4-10-32-17)19-12-24-20-9-2-1-8-18(19)20/h1-3,5-6,8-9,11-12,17,24H,4,7,10,13-14H2. The van der Waals surface area contributed by atoms with Gasteiger partial charge in [0.05, 0.1) is 23.3 Å². The molecule has 1 fully saturated rings. The highest BCUT2D eigenvalue weighted by Crippen LogP contribution is 2.31. The zero-order valence-electron chi connectivity index (χ0n) is 17.6. The molecule has 1 N–H and O–H groups in total. The highest BCUT2D eigenvalue weighted by molar-refractivity contribution is 7.99. The monoisotopic (exact) mass is 463 g/mol. The van der Waals surface area contributed by atoms with E-state index in [2.05, 4.69) is 15.2 Å². The Hall–Kier alpha value is -3.50. The first kappa shape index (κ1) is 21.4. The highest BCUT2D eigenvalue weighted by atomic mass is 32.2. The number of hydrogen-bond acceptors (Lipinski definition) is 7. The largest absolute Gasteiger partial charge is 0.376 e. The lowest BCUT2D eigenvalue weighted by molar-refractivity contribution is -0.384. The number of aromatic amines is 1. The number of ether oxygens (including phenoxy) is 1. The van der Waals surface area contributed by atoms with Gasteiger partial charge in [0.25, 0.3) is 5.69 Å². The molecule has 0 saturated carbocycles. The Kier molecular flexibility index (Phi) is 5.93. The molecule has 1 saturated heterocycles. The van der Waals surface area contributed by atoms with Gasteiger partial charge in [-0.15, -0.1) is 10.2 Å². The first-order valence-electron chi connectivity index (χ1n) is 10.6. The van der Waals surface area contributed by atoms with E-state index in [1.165, 1.54) is 30.0 Å². The minimum absolute atomic E-state index is 0.0665. The summed E-state index contributed by atoms with van der Waals surface area (Å²) in [5.74, 6) is 0.607. The number of benzene rings is 2. The first-order chi connectivity index (χ1) is 16.1. The second-order valence-electron chi connectivity index (χ2n) is 7.82. The lowest BCUT2D eigenvalue weighted by Crippen LogP contribution is -2.17. The summed E-state index contributed by atoms with van der Waals surface area (Å²) in [5, 5.41) is 21.5. The first-order valence-corrected chi connectivity index (χ1v) is 11.6. The van der Waals surface area contributed by atoms with Gasteiger partial charge in [0.1, 0.15) is 0 Å². The number of nitrogens with zero attached hydrogens (tertiary/aromatic N) is 4. The number of H-pyrrole nitrogens is 1. The van der Waals surface area contributed by atoms with Crippen LogP contribution in [-0.2, 0) is 11.3 Å². The van der Waals surface area contributed by atoms with Crippen molar-refractivity contribution in [3.05, 3.63) is 70.4 Å². The summed E-state index contributed by atoms with van der Waals surface area (Å²) < 4.78 is 7.86. The van der Waals surface area contributed by atoms with Gasteiger partial charge in [0, 0.05) is 47.0 Å². The van der Waals surface area contributed by atoms with Crippen LogP contribution in [0.25, 0.3) is 22.3 Å². The smallest absolute Gasteiger partial charge is 0.270 e. The third-order valence-corrected chi connectivity index (χ3v) is 6.64. The number of para-hydroxylation sites is 1. The highest BCUT2D eigenvalue weighted by Gasteiger charge is 2.24. The van der Waals surface area contributed by atoms with Gasteiger partial charge in [-0.2, -0.15) is 0 Å². The maximum absolute atomic E-state index is 12.7. The number of carbonyl (C=O) groups excluding carboxylic acids is 1. The second kappa shape index (κ2) is 9.16. The summed E-state index contributed by atoms with van der Waals surface area (Å²) in [4.78, 5) is 26.5. The van der Waals surface area contributed by atoms with Gasteiger partial charge in [0.15, 0.2) is 16.8 Å². The number of hydrogen-bond donors (Lipinski definition) is 1. The van der Waals surface area contributed by atoms with Gasteiger partial charge in [-0.3, -0.25) is 19.5 Å². The number of nitro benzene ring substituents is 1. The van der Waals surface area contributed by atoms with E-state index < -0.39 is 4.92 Å². The van der Waals surface area contributed by atoms with Gasteiger partial charge in [0.2, 0.25) is 0 Å². The third-order valence-electron chi connectivity index (χ3n) is 5.67. The summed E-state index contributed by atoms with van der Waals surface area (Å²) >= 11 is 1.28. The van der Waals surface area contributed by atoms with E-state index in [1.54, 1.807) is 6.07 Å². The number of aromatic nitrogens is 4. The SMILES string of the molecule is O=C(CSc1nnc(-c2c[nH]c3ccccc23)n1CC1CCCO1)c1cccc([N+](=O)[O-])c1. The molecule has 1 unspecified atom stereocenters. The number of fused-ring (bicyclic) bond motifs is 1. The Balaban J connectivity index is 1.43. The van der Waals surface area contributed by atoms with Crippen molar-refractivity contribution in [2.45, 2.75) is 30.6 Å². The van der Waals surface area contributed by atoms with Crippen molar-refractivity contribution in [2.75, 3.05) is 12.4 Å². The number of nitrogens with one attached hydrogen (secondary N) is 1. The molecule has 1 atom stereocenters. The molecule has 1 aliphatic heterocycles. The maximum atomic E-state index is 12.7. The van der Waals surface area contributed by atoms with E-state index in [4.69, 9.17) is 4.74 Å². The van der Waals surface area contributed by atoms with Crippen LogP contribution in [0.5, 0.6) is 0 Å². The summed E-state index contributed by atoms with van der Waals surface area (Å²) in [7, 11) is 0. The van der Waals surface area contributed by atoms with Crippen molar-refractivity contribution in [1.82, 2.24) is 19.7 Å². The Labute approximate surface area is 193 Å². The van der Waals surface area contributed by atoms with E-state index in [0.717, 1.165) is 35.9 Å². The van der Waals surface area contributed by atoms with Crippen LogP contribution in [0.2, 0.25) is 0 Å². The van der Waals surface area contributed by atoms with Crippen LogP contribution < -0.4 is 0 Å². The van der Waals surface area contributed by atoms with Crippen LogP contribution in [0.1, 0.15) is 23.2 Å². The topological polar surface area (TPSA) is 116 Å². The molecule has 1 aliphatic rings. The van der Waals surface area contributed by atoms with E-state index in [0.29, 0.717) is 23.1 Å². The second-order valence-corrected chi connectivity index (χ2v) is 8.76. The number of rotatable bonds is 8. The van der Waals surface area contributed by atoms with Crippen molar-refractivity contribution >= 4 is 34.1 Å². The fraction of sp³-hybridized carbons (Fsp3) is 0.261. The molecule has 0 radical (unpaired) electrons. The van der Waals surface area contributed by atoms with Gasteiger partial charge in [-0.1, -0.05) is 42.1 Å². The molecule has 0 spiro atoms. The van der Waals surface area contributed by atoms with Gasteiger partial charge in [-0.05, 0) is 18.9 Å². The van der Waals surface area contributed by atoms with Gasteiger partial charge >= 0.3 is 0 Å². The van der Waals surface area contributed by atoms with E-state index in [9.17, 15) is 14.9 Å². The van der Waals surface area contributed by atoms with Crippen LogP contribution in [-0.4, -0.2) is 48.9 Å². The molecular weight excluding hydrogens is 442 g/mol. The zero-order valence-corrected chi connectivity index (χ0v) is 18.5. The number of non-ortho nitro benzene ring substituents is 1. The molecule has 2 aromatic carbocycles. The summed E-state index contributed by atoms with van der Waals surface area (Å²) in [6.45, 7) is 1.33. The summed E-state index contributed by atoms with van der Waals surface area (Å²) in [6.07, 6.45) is 3.96. The summed E-state index contributed by atoms with van der Waals surface area (Å²) in [6, 6.07) is 13.8. The van der Waals surface area contributed by atoms with Crippen molar-refractivity contribution in [2.24, 2.45) is 0 Å². The number of nitro groups is 1. The maximum Gasteiger partial charge on any atom is 0.270 e. The quantitative estimate of drug-likeness (QED) is 0.177. The predicted octanol–water partition coefficient (Wildman–Crippen LogP) is 4.49. The predicted molar refractivity (Wildman–Crippen MR) is 124 cm³/mol. The average molecular weight is 464 g/mol. The lowest BCUT2D eigenvalue weighted by atomic mass is 10.1. The minimum atomic E-state index is -0.504. The minimum Gasteiger partial charge on any atom is -0.376 e. The van der Waals surface area contributed by atoms with Gasteiger partial charge in [-0.25, -0.2) is 0 Å². The number of thioether (sulfide) groups is 1. The van der Waals surface area contributed by atoms with Crippen LogP contribution in [0.4, 0.5) is 5.69 Å².